The van der Waals surface area contributed by atoms with Crippen LogP contribution in [0.15, 0.2) is 4.52 Å². The van der Waals surface area contributed by atoms with E-state index in [2.05, 4.69) is 22.2 Å². The molecule has 6 heteroatoms. The fourth-order valence-electron chi connectivity index (χ4n) is 3.07. The van der Waals surface area contributed by atoms with Crippen molar-refractivity contribution < 1.29 is 4.52 Å². The van der Waals surface area contributed by atoms with Crippen molar-refractivity contribution in [2.45, 2.75) is 58.5 Å². The SMILES string of the molecule is CCn1nc(C)c(-c2nc(C3(N)CCCC3)no2)c1C. The molecule has 0 aromatic carbocycles. The van der Waals surface area contributed by atoms with Gasteiger partial charge in [0.05, 0.1) is 16.8 Å². The van der Waals surface area contributed by atoms with E-state index in [0.29, 0.717) is 11.7 Å². The Bertz CT molecular complexity index is 622. The molecule has 0 bridgehead atoms. The minimum Gasteiger partial charge on any atom is -0.334 e. The van der Waals surface area contributed by atoms with Crippen LogP contribution in [0.3, 0.4) is 0 Å². The highest BCUT2D eigenvalue weighted by Crippen LogP contribution is 2.36. The van der Waals surface area contributed by atoms with Gasteiger partial charge in [-0.05, 0) is 33.6 Å². The summed E-state index contributed by atoms with van der Waals surface area (Å²) >= 11 is 0. The second kappa shape index (κ2) is 4.70. The Kier molecular flexibility index (Phi) is 3.12. The Morgan fingerprint density at radius 3 is 2.60 bits per heavy atom. The lowest BCUT2D eigenvalue weighted by molar-refractivity contribution is 0.372. The fraction of sp³-hybridized carbons (Fsp3) is 0.643. The Morgan fingerprint density at radius 2 is 2.00 bits per heavy atom. The second-order valence-electron chi connectivity index (χ2n) is 5.65. The molecule has 6 nitrogen and oxygen atoms in total. The maximum atomic E-state index is 6.37. The molecular formula is C14H21N5O. The third-order valence-electron chi connectivity index (χ3n) is 4.26. The second-order valence-corrected chi connectivity index (χ2v) is 5.65. The van der Waals surface area contributed by atoms with Crippen LogP contribution in [-0.4, -0.2) is 19.9 Å². The van der Waals surface area contributed by atoms with Crippen molar-refractivity contribution >= 4 is 0 Å². The zero-order chi connectivity index (χ0) is 14.3. The Morgan fingerprint density at radius 1 is 1.30 bits per heavy atom. The van der Waals surface area contributed by atoms with E-state index in [1.807, 2.05) is 18.5 Å². The third kappa shape index (κ3) is 1.95. The molecule has 0 amide bonds. The van der Waals surface area contributed by atoms with Gasteiger partial charge in [0.2, 0.25) is 0 Å². The van der Waals surface area contributed by atoms with Crippen LogP contribution in [0.2, 0.25) is 0 Å². The number of hydrogen-bond donors (Lipinski definition) is 1. The number of hydrogen-bond acceptors (Lipinski definition) is 5. The van der Waals surface area contributed by atoms with Crippen LogP contribution in [0.25, 0.3) is 11.5 Å². The van der Waals surface area contributed by atoms with E-state index in [9.17, 15) is 0 Å². The molecule has 2 heterocycles. The molecule has 1 saturated carbocycles. The maximum Gasteiger partial charge on any atom is 0.261 e. The lowest BCUT2D eigenvalue weighted by atomic mass is 9.98. The first-order valence-electron chi connectivity index (χ1n) is 7.22. The highest BCUT2D eigenvalue weighted by molar-refractivity contribution is 5.59. The fourth-order valence-corrected chi connectivity index (χ4v) is 3.07. The van der Waals surface area contributed by atoms with E-state index < -0.39 is 5.54 Å². The minimum atomic E-state index is -0.412. The van der Waals surface area contributed by atoms with Crippen LogP contribution in [0.1, 0.15) is 49.8 Å². The zero-order valence-corrected chi connectivity index (χ0v) is 12.3. The van der Waals surface area contributed by atoms with Gasteiger partial charge < -0.3 is 10.3 Å². The number of aromatic nitrogens is 4. The smallest absolute Gasteiger partial charge is 0.261 e. The average molecular weight is 275 g/mol. The van der Waals surface area contributed by atoms with Crippen LogP contribution < -0.4 is 5.73 Å². The monoisotopic (exact) mass is 275 g/mol. The van der Waals surface area contributed by atoms with Gasteiger partial charge in [-0.3, -0.25) is 4.68 Å². The van der Waals surface area contributed by atoms with Crippen molar-refractivity contribution in [3.05, 3.63) is 17.2 Å². The number of nitrogens with zero attached hydrogens (tertiary/aromatic N) is 4. The summed E-state index contributed by atoms with van der Waals surface area (Å²) in [5.74, 6) is 1.17. The van der Waals surface area contributed by atoms with Crippen molar-refractivity contribution in [2.24, 2.45) is 5.73 Å². The standard InChI is InChI=1S/C14H21N5O/c1-4-19-10(3)11(9(2)17-19)12-16-13(18-20-12)14(15)7-5-6-8-14/h4-8,15H2,1-3H3. The van der Waals surface area contributed by atoms with Gasteiger partial charge >= 0.3 is 0 Å². The summed E-state index contributed by atoms with van der Waals surface area (Å²) in [6.45, 7) is 6.88. The van der Waals surface area contributed by atoms with Crippen LogP contribution in [0.4, 0.5) is 0 Å². The van der Waals surface area contributed by atoms with Gasteiger partial charge in [-0.2, -0.15) is 10.1 Å². The number of rotatable bonds is 3. The predicted octanol–water partition coefficient (Wildman–Crippen LogP) is 2.30. The van der Waals surface area contributed by atoms with Gasteiger partial charge in [-0.15, -0.1) is 0 Å². The lowest BCUT2D eigenvalue weighted by Gasteiger charge is -2.17. The highest BCUT2D eigenvalue weighted by atomic mass is 16.5. The Labute approximate surface area is 118 Å². The van der Waals surface area contributed by atoms with E-state index in [1.165, 1.54) is 0 Å². The first-order valence-corrected chi connectivity index (χ1v) is 7.22. The van der Waals surface area contributed by atoms with Gasteiger partial charge in [0.15, 0.2) is 5.82 Å². The molecule has 1 fully saturated rings. The molecule has 1 aliphatic rings. The first-order chi connectivity index (χ1) is 9.55. The molecule has 0 aliphatic heterocycles. The van der Waals surface area contributed by atoms with Gasteiger partial charge in [0.1, 0.15) is 0 Å². The molecule has 0 unspecified atom stereocenters. The Hall–Kier alpha value is -1.69. The van der Waals surface area contributed by atoms with E-state index >= 15 is 0 Å². The molecule has 2 aromatic rings. The first kappa shape index (κ1) is 13.3. The molecular weight excluding hydrogens is 254 g/mol. The molecule has 3 rings (SSSR count). The van der Waals surface area contributed by atoms with E-state index in [4.69, 9.17) is 10.3 Å². The van der Waals surface area contributed by atoms with Crippen molar-refractivity contribution in [3.63, 3.8) is 0 Å². The van der Waals surface area contributed by atoms with Crippen LogP contribution in [0, 0.1) is 13.8 Å². The van der Waals surface area contributed by atoms with Crippen LogP contribution in [0.5, 0.6) is 0 Å². The molecule has 2 aromatic heterocycles. The van der Waals surface area contributed by atoms with E-state index in [1.54, 1.807) is 0 Å². The van der Waals surface area contributed by atoms with Gasteiger partial charge in [0.25, 0.3) is 5.89 Å². The quantitative estimate of drug-likeness (QED) is 0.929. The summed E-state index contributed by atoms with van der Waals surface area (Å²) < 4.78 is 7.40. The molecule has 0 atom stereocenters. The Balaban J connectivity index is 2.00. The largest absolute Gasteiger partial charge is 0.334 e. The lowest BCUT2D eigenvalue weighted by Crippen LogP contribution is -2.34. The molecule has 20 heavy (non-hydrogen) atoms. The summed E-state index contributed by atoms with van der Waals surface area (Å²) in [5.41, 5.74) is 8.87. The summed E-state index contributed by atoms with van der Waals surface area (Å²) in [6.07, 6.45) is 4.12. The van der Waals surface area contributed by atoms with Gasteiger partial charge in [-0.25, -0.2) is 0 Å². The summed E-state index contributed by atoms with van der Waals surface area (Å²) in [7, 11) is 0. The molecule has 2 N–H and O–H groups in total. The van der Waals surface area contributed by atoms with E-state index in [-0.39, 0.29) is 0 Å². The number of aryl methyl sites for hydroxylation is 2. The molecule has 0 saturated heterocycles. The molecule has 0 spiro atoms. The van der Waals surface area contributed by atoms with Crippen molar-refractivity contribution in [2.75, 3.05) is 0 Å². The average Bonchev–Trinajstić information content (AvgIpc) is 3.10. The van der Waals surface area contributed by atoms with Crippen molar-refractivity contribution in [1.82, 2.24) is 19.9 Å². The maximum absolute atomic E-state index is 6.37. The molecule has 108 valence electrons. The third-order valence-corrected chi connectivity index (χ3v) is 4.26. The van der Waals surface area contributed by atoms with Crippen molar-refractivity contribution in [1.29, 1.82) is 0 Å². The zero-order valence-electron chi connectivity index (χ0n) is 12.3. The molecule has 0 radical (unpaired) electrons. The normalized spacial score (nSPS) is 17.8. The van der Waals surface area contributed by atoms with Crippen LogP contribution in [-0.2, 0) is 12.1 Å². The minimum absolute atomic E-state index is 0.412. The summed E-state index contributed by atoms with van der Waals surface area (Å²) in [4.78, 5) is 4.55. The summed E-state index contributed by atoms with van der Waals surface area (Å²) in [6, 6.07) is 0. The highest BCUT2D eigenvalue weighted by Gasteiger charge is 2.36. The van der Waals surface area contributed by atoms with Gasteiger partial charge in [-0.1, -0.05) is 18.0 Å². The van der Waals surface area contributed by atoms with Crippen LogP contribution >= 0.6 is 0 Å². The number of nitrogens with two attached hydrogens (primary N) is 1. The molecule has 1 aliphatic carbocycles. The van der Waals surface area contributed by atoms with Crippen molar-refractivity contribution in [3.8, 4) is 11.5 Å². The van der Waals surface area contributed by atoms with Gasteiger partial charge in [0, 0.05) is 12.2 Å². The summed E-state index contributed by atoms with van der Waals surface area (Å²) in [5, 5.41) is 8.60. The predicted molar refractivity (Wildman–Crippen MR) is 75.0 cm³/mol. The van der Waals surface area contributed by atoms with E-state index in [0.717, 1.165) is 49.2 Å². The topological polar surface area (TPSA) is 82.8 Å².